The van der Waals surface area contributed by atoms with Crippen LogP contribution in [0.4, 0.5) is 0 Å². The fraction of sp³-hybridized carbons (Fsp3) is 0. The van der Waals surface area contributed by atoms with Gasteiger partial charge in [0.1, 0.15) is 5.76 Å². The summed E-state index contributed by atoms with van der Waals surface area (Å²) in [6.45, 7) is 0. The third kappa shape index (κ3) is 2.23. The number of furan rings is 1. The molecule has 2 aromatic rings. The summed E-state index contributed by atoms with van der Waals surface area (Å²) >= 11 is 1.95. The first-order chi connectivity index (χ1) is 8.13. The van der Waals surface area contributed by atoms with Crippen molar-refractivity contribution >= 4 is 34.8 Å². The van der Waals surface area contributed by atoms with Gasteiger partial charge in [0.15, 0.2) is 12.0 Å². The van der Waals surface area contributed by atoms with Crippen LogP contribution in [0.25, 0.3) is 11.3 Å². The van der Waals surface area contributed by atoms with Gasteiger partial charge in [-0.2, -0.15) is 0 Å². The quantitative estimate of drug-likeness (QED) is 0.688. The predicted molar refractivity (Wildman–Crippen MR) is 69.2 cm³/mol. The van der Waals surface area contributed by atoms with E-state index in [1.807, 2.05) is 22.6 Å². The van der Waals surface area contributed by atoms with Crippen LogP contribution >= 0.6 is 22.6 Å². The molecule has 0 spiro atoms. The van der Waals surface area contributed by atoms with Crippen molar-refractivity contribution < 1.29 is 19.1 Å². The lowest BCUT2D eigenvalue weighted by atomic mass is 10.1. The number of aldehydes is 1. The van der Waals surface area contributed by atoms with Gasteiger partial charge >= 0.3 is 5.97 Å². The Balaban J connectivity index is 2.55. The first-order valence-corrected chi connectivity index (χ1v) is 5.78. The molecule has 4 nitrogen and oxygen atoms in total. The van der Waals surface area contributed by atoms with Gasteiger partial charge in [-0.1, -0.05) is 12.1 Å². The highest BCUT2D eigenvalue weighted by atomic mass is 127. The van der Waals surface area contributed by atoms with E-state index in [1.54, 1.807) is 24.3 Å². The summed E-state index contributed by atoms with van der Waals surface area (Å²) in [6.07, 6.45) is 0.609. The van der Waals surface area contributed by atoms with Crippen molar-refractivity contribution in [2.24, 2.45) is 0 Å². The molecule has 0 saturated heterocycles. The summed E-state index contributed by atoms with van der Waals surface area (Å²) in [4.78, 5) is 21.5. The zero-order valence-corrected chi connectivity index (χ0v) is 10.7. The largest absolute Gasteiger partial charge is 0.478 e. The van der Waals surface area contributed by atoms with Crippen molar-refractivity contribution in [2.75, 3.05) is 0 Å². The van der Waals surface area contributed by atoms with Crippen LogP contribution in [-0.2, 0) is 0 Å². The molecule has 0 aliphatic rings. The van der Waals surface area contributed by atoms with E-state index < -0.39 is 5.97 Å². The Morgan fingerprint density at radius 3 is 2.65 bits per heavy atom. The molecule has 0 amide bonds. The second-order valence-electron chi connectivity index (χ2n) is 3.29. The van der Waals surface area contributed by atoms with E-state index >= 15 is 0 Å². The van der Waals surface area contributed by atoms with Gasteiger partial charge in [0.05, 0.1) is 5.56 Å². The topological polar surface area (TPSA) is 67.5 Å². The maximum absolute atomic E-state index is 11.0. The molecule has 0 radical (unpaired) electrons. The van der Waals surface area contributed by atoms with E-state index in [0.29, 0.717) is 21.2 Å². The predicted octanol–water partition coefficient (Wildman–Crippen LogP) is 3.06. The Bertz CT molecular complexity index is 586. The number of carboxylic acid groups (broad SMARTS) is 1. The lowest BCUT2D eigenvalue weighted by molar-refractivity contribution is 0.0695. The van der Waals surface area contributed by atoms with Crippen LogP contribution < -0.4 is 0 Å². The average molecular weight is 342 g/mol. The van der Waals surface area contributed by atoms with Gasteiger partial charge in [0.2, 0.25) is 0 Å². The van der Waals surface area contributed by atoms with E-state index in [1.165, 1.54) is 6.07 Å². The van der Waals surface area contributed by atoms with Crippen LogP contribution in [0.3, 0.4) is 0 Å². The van der Waals surface area contributed by atoms with Crippen molar-refractivity contribution in [1.82, 2.24) is 0 Å². The zero-order chi connectivity index (χ0) is 12.4. The number of carbonyl (C=O) groups is 2. The van der Waals surface area contributed by atoms with Gasteiger partial charge in [0.25, 0.3) is 0 Å². The molecular weight excluding hydrogens is 335 g/mol. The minimum absolute atomic E-state index is 0.215. The Labute approximate surface area is 110 Å². The third-order valence-electron chi connectivity index (χ3n) is 2.24. The van der Waals surface area contributed by atoms with Crippen molar-refractivity contribution in [3.05, 3.63) is 45.2 Å². The van der Waals surface area contributed by atoms with Crippen molar-refractivity contribution in [2.45, 2.75) is 0 Å². The van der Waals surface area contributed by atoms with Crippen LogP contribution in [0, 0.1) is 3.57 Å². The third-order valence-corrected chi connectivity index (χ3v) is 3.40. The number of hydrogen-bond donors (Lipinski definition) is 1. The van der Waals surface area contributed by atoms with Crippen LogP contribution in [0.1, 0.15) is 20.9 Å². The number of halogens is 1. The van der Waals surface area contributed by atoms with E-state index in [4.69, 9.17) is 9.52 Å². The molecular formula is C12H7IO4. The molecule has 0 unspecified atom stereocenters. The molecule has 0 bridgehead atoms. The summed E-state index contributed by atoms with van der Waals surface area (Å²) in [7, 11) is 0. The van der Waals surface area contributed by atoms with Crippen LogP contribution in [-0.4, -0.2) is 17.4 Å². The first-order valence-electron chi connectivity index (χ1n) is 4.70. The lowest BCUT2D eigenvalue weighted by Crippen LogP contribution is -2.00. The Morgan fingerprint density at radius 1 is 1.29 bits per heavy atom. The lowest BCUT2D eigenvalue weighted by Gasteiger charge is -2.04. The SMILES string of the molecule is O=Cc1ccc(-c2cccc(C(=O)O)c2I)o1. The standard InChI is InChI=1S/C12H7IO4/c13-11-8(2-1-3-9(11)12(15)16)10-5-4-7(6-14)17-10/h1-6H,(H,15,16). The van der Waals surface area contributed by atoms with Crippen LogP contribution in [0.2, 0.25) is 0 Å². The fourth-order valence-electron chi connectivity index (χ4n) is 1.45. The number of hydrogen-bond acceptors (Lipinski definition) is 3. The van der Waals surface area contributed by atoms with Gasteiger partial charge in [-0.25, -0.2) is 4.79 Å². The molecule has 0 fully saturated rings. The molecule has 5 heteroatoms. The number of carbonyl (C=O) groups excluding carboxylic acids is 1. The molecule has 0 atom stereocenters. The molecule has 0 saturated carbocycles. The van der Waals surface area contributed by atoms with Crippen molar-refractivity contribution in [3.63, 3.8) is 0 Å². The maximum Gasteiger partial charge on any atom is 0.336 e. The van der Waals surface area contributed by atoms with Crippen LogP contribution in [0.15, 0.2) is 34.7 Å². The Kier molecular flexibility index (Phi) is 3.28. The summed E-state index contributed by atoms with van der Waals surface area (Å²) < 4.78 is 5.86. The molecule has 2 rings (SSSR count). The molecule has 1 N–H and O–H groups in total. The molecule has 17 heavy (non-hydrogen) atoms. The van der Waals surface area contributed by atoms with Crippen LogP contribution in [0.5, 0.6) is 0 Å². The molecule has 0 aliphatic carbocycles. The van der Waals surface area contributed by atoms with E-state index in [-0.39, 0.29) is 11.3 Å². The first kappa shape index (κ1) is 11.8. The maximum atomic E-state index is 11.0. The highest BCUT2D eigenvalue weighted by Crippen LogP contribution is 2.29. The van der Waals surface area contributed by atoms with Gasteiger partial charge in [-0.15, -0.1) is 0 Å². The minimum atomic E-state index is -0.988. The second kappa shape index (κ2) is 4.70. The molecule has 1 aromatic carbocycles. The summed E-state index contributed by atoms with van der Waals surface area (Å²) in [6, 6.07) is 8.11. The van der Waals surface area contributed by atoms with Gasteiger partial charge in [-0.05, 0) is 40.8 Å². The number of carboxylic acids is 1. The average Bonchev–Trinajstić information content (AvgIpc) is 2.77. The highest BCUT2D eigenvalue weighted by Gasteiger charge is 2.14. The number of rotatable bonds is 3. The van der Waals surface area contributed by atoms with E-state index in [9.17, 15) is 9.59 Å². The van der Waals surface area contributed by atoms with Crippen molar-refractivity contribution in [3.8, 4) is 11.3 Å². The molecule has 1 heterocycles. The normalized spacial score (nSPS) is 10.2. The summed E-state index contributed by atoms with van der Waals surface area (Å²) in [5, 5.41) is 9.00. The summed E-state index contributed by atoms with van der Waals surface area (Å²) in [5.41, 5.74) is 0.880. The molecule has 0 aliphatic heterocycles. The Hall–Kier alpha value is -1.63. The van der Waals surface area contributed by atoms with Gasteiger partial charge in [-0.3, -0.25) is 4.79 Å². The molecule has 86 valence electrons. The highest BCUT2D eigenvalue weighted by molar-refractivity contribution is 14.1. The minimum Gasteiger partial charge on any atom is -0.478 e. The smallest absolute Gasteiger partial charge is 0.336 e. The fourth-order valence-corrected chi connectivity index (χ4v) is 2.30. The number of benzene rings is 1. The molecule has 1 aromatic heterocycles. The monoisotopic (exact) mass is 342 g/mol. The Morgan fingerprint density at radius 2 is 2.06 bits per heavy atom. The second-order valence-corrected chi connectivity index (χ2v) is 4.37. The number of aromatic carboxylic acids is 1. The van der Waals surface area contributed by atoms with E-state index in [2.05, 4.69) is 0 Å². The van der Waals surface area contributed by atoms with Crippen molar-refractivity contribution in [1.29, 1.82) is 0 Å². The summed E-state index contributed by atoms with van der Waals surface area (Å²) in [5.74, 6) is -0.283. The van der Waals surface area contributed by atoms with Gasteiger partial charge in [0, 0.05) is 9.13 Å². The van der Waals surface area contributed by atoms with Gasteiger partial charge < -0.3 is 9.52 Å². The van der Waals surface area contributed by atoms with E-state index in [0.717, 1.165) is 0 Å². The zero-order valence-electron chi connectivity index (χ0n) is 8.51.